The zero-order valence-electron chi connectivity index (χ0n) is 14.1. The molecule has 0 saturated heterocycles. The van der Waals surface area contributed by atoms with E-state index >= 15 is 0 Å². The molecule has 0 bridgehead atoms. The molecule has 6 nitrogen and oxygen atoms in total. The van der Waals surface area contributed by atoms with E-state index in [2.05, 4.69) is 27.2 Å². The highest BCUT2D eigenvalue weighted by Crippen LogP contribution is 2.29. The number of anilines is 2. The Labute approximate surface area is 151 Å². The number of benzene rings is 2. The topological polar surface area (TPSA) is 76.1 Å². The van der Waals surface area contributed by atoms with Crippen LogP contribution in [0.1, 0.15) is 10.5 Å². The Morgan fingerprint density at radius 1 is 1.08 bits per heavy atom. The van der Waals surface area contributed by atoms with Crippen LogP contribution in [0.25, 0.3) is 0 Å². The summed E-state index contributed by atoms with van der Waals surface area (Å²) in [5, 5.41) is 5.85. The molecule has 0 saturated carbocycles. The Balaban J connectivity index is 1.76. The lowest BCUT2D eigenvalue weighted by atomic mass is 10.2. The van der Waals surface area contributed by atoms with Gasteiger partial charge in [-0.25, -0.2) is 9.97 Å². The molecule has 1 aromatic heterocycles. The standard InChI is InChI=1S/C20H18N4O2/c1-2-12-21-19-13-17(22-14-23-19)20(25)24-16-10-6-7-11-18(16)26-15-8-4-3-5-9-15/h2-11,13-14H,1,12H2,(H,24,25)(H,21,22,23). The van der Waals surface area contributed by atoms with Gasteiger partial charge in [-0.2, -0.15) is 0 Å². The quantitative estimate of drug-likeness (QED) is 0.629. The van der Waals surface area contributed by atoms with Crippen molar-refractivity contribution in [1.82, 2.24) is 9.97 Å². The SMILES string of the molecule is C=CCNc1cc(C(=O)Nc2ccccc2Oc2ccccc2)ncn1. The number of nitrogens with zero attached hydrogens (tertiary/aromatic N) is 2. The number of hydrogen-bond acceptors (Lipinski definition) is 5. The first-order valence-corrected chi connectivity index (χ1v) is 8.06. The predicted octanol–water partition coefficient (Wildman–Crippen LogP) is 4.12. The summed E-state index contributed by atoms with van der Waals surface area (Å²) >= 11 is 0. The summed E-state index contributed by atoms with van der Waals surface area (Å²) in [4.78, 5) is 20.6. The molecule has 0 aliphatic carbocycles. The van der Waals surface area contributed by atoms with Crippen LogP contribution in [-0.4, -0.2) is 22.4 Å². The summed E-state index contributed by atoms with van der Waals surface area (Å²) in [5.74, 6) is 1.44. The van der Waals surface area contributed by atoms with Gasteiger partial charge in [0.25, 0.3) is 5.91 Å². The van der Waals surface area contributed by atoms with Crippen LogP contribution in [0, 0.1) is 0 Å². The number of aromatic nitrogens is 2. The highest BCUT2D eigenvalue weighted by molar-refractivity contribution is 6.04. The number of carbonyl (C=O) groups excluding carboxylic acids is 1. The number of carbonyl (C=O) groups is 1. The largest absolute Gasteiger partial charge is 0.455 e. The second-order valence-corrected chi connectivity index (χ2v) is 5.32. The molecule has 0 atom stereocenters. The Hall–Kier alpha value is -3.67. The Morgan fingerprint density at radius 3 is 2.65 bits per heavy atom. The second kappa shape index (κ2) is 8.43. The molecule has 3 rings (SSSR count). The normalized spacial score (nSPS) is 10.0. The zero-order chi connectivity index (χ0) is 18.2. The van der Waals surface area contributed by atoms with Crippen molar-refractivity contribution < 1.29 is 9.53 Å². The molecule has 3 aromatic rings. The van der Waals surface area contributed by atoms with Gasteiger partial charge in [0.2, 0.25) is 0 Å². The molecule has 0 unspecified atom stereocenters. The molecule has 130 valence electrons. The van der Waals surface area contributed by atoms with Crippen molar-refractivity contribution in [2.75, 3.05) is 17.2 Å². The van der Waals surface area contributed by atoms with Gasteiger partial charge in [-0.15, -0.1) is 6.58 Å². The monoisotopic (exact) mass is 346 g/mol. The maximum atomic E-state index is 12.5. The van der Waals surface area contributed by atoms with Crippen molar-refractivity contribution in [3.05, 3.63) is 85.3 Å². The summed E-state index contributed by atoms with van der Waals surface area (Å²) in [7, 11) is 0. The van der Waals surface area contributed by atoms with E-state index in [-0.39, 0.29) is 11.6 Å². The first-order valence-electron chi connectivity index (χ1n) is 8.06. The van der Waals surface area contributed by atoms with Crippen LogP contribution in [0.5, 0.6) is 11.5 Å². The van der Waals surface area contributed by atoms with E-state index in [1.807, 2.05) is 42.5 Å². The average molecular weight is 346 g/mol. The molecule has 0 spiro atoms. The van der Waals surface area contributed by atoms with Crippen molar-refractivity contribution >= 4 is 17.4 Å². The third-order valence-electron chi connectivity index (χ3n) is 3.43. The van der Waals surface area contributed by atoms with E-state index in [4.69, 9.17) is 4.74 Å². The molecule has 6 heteroatoms. The van der Waals surface area contributed by atoms with Crippen molar-refractivity contribution in [2.45, 2.75) is 0 Å². The van der Waals surface area contributed by atoms with Crippen LogP contribution in [-0.2, 0) is 0 Å². The Bertz CT molecular complexity index is 897. The van der Waals surface area contributed by atoms with Gasteiger partial charge in [0.15, 0.2) is 5.75 Å². The maximum absolute atomic E-state index is 12.5. The second-order valence-electron chi connectivity index (χ2n) is 5.32. The number of ether oxygens (including phenoxy) is 1. The first-order chi connectivity index (χ1) is 12.8. The zero-order valence-corrected chi connectivity index (χ0v) is 14.1. The number of amides is 1. The molecule has 1 amide bonds. The van der Waals surface area contributed by atoms with Gasteiger partial charge in [0.05, 0.1) is 5.69 Å². The lowest BCUT2D eigenvalue weighted by Crippen LogP contribution is -2.15. The van der Waals surface area contributed by atoms with Crippen molar-refractivity contribution in [1.29, 1.82) is 0 Å². The molecule has 2 aromatic carbocycles. The molecule has 0 aliphatic rings. The third kappa shape index (κ3) is 4.45. The minimum absolute atomic E-state index is 0.251. The highest BCUT2D eigenvalue weighted by Gasteiger charge is 2.12. The van der Waals surface area contributed by atoms with Crippen LogP contribution < -0.4 is 15.4 Å². The van der Waals surface area contributed by atoms with Gasteiger partial charge in [-0.05, 0) is 24.3 Å². The van der Waals surface area contributed by atoms with E-state index in [9.17, 15) is 4.79 Å². The molecular weight excluding hydrogens is 328 g/mol. The summed E-state index contributed by atoms with van der Waals surface area (Å²) in [6.45, 7) is 4.18. The third-order valence-corrected chi connectivity index (χ3v) is 3.43. The first kappa shape index (κ1) is 17.2. The van der Waals surface area contributed by atoms with Crippen molar-refractivity contribution in [2.24, 2.45) is 0 Å². The summed E-state index contributed by atoms with van der Waals surface area (Å²) in [6.07, 6.45) is 3.05. The fraction of sp³-hybridized carbons (Fsp3) is 0.0500. The fourth-order valence-electron chi connectivity index (χ4n) is 2.22. The van der Waals surface area contributed by atoms with Crippen molar-refractivity contribution in [3.8, 4) is 11.5 Å². The van der Waals surface area contributed by atoms with Crippen molar-refractivity contribution in [3.63, 3.8) is 0 Å². The van der Waals surface area contributed by atoms with Gasteiger partial charge < -0.3 is 15.4 Å². The number of rotatable bonds is 7. The van der Waals surface area contributed by atoms with Gasteiger partial charge >= 0.3 is 0 Å². The van der Waals surface area contributed by atoms with Gasteiger partial charge in [0.1, 0.15) is 23.6 Å². The summed E-state index contributed by atoms with van der Waals surface area (Å²) in [6, 6.07) is 18.2. The number of nitrogens with one attached hydrogen (secondary N) is 2. The van der Waals surface area contributed by atoms with Crippen LogP contribution in [0.4, 0.5) is 11.5 Å². The lowest BCUT2D eigenvalue weighted by molar-refractivity contribution is 0.102. The highest BCUT2D eigenvalue weighted by atomic mass is 16.5. The summed E-state index contributed by atoms with van der Waals surface area (Å²) in [5.41, 5.74) is 0.807. The molecule has 26 heavy (non-hydrogen) atoms. The maximum Gasteiger partial charge on any atom is 0.274 e. The molecule has 0 fully saturated rings. The molecule has 2 N–H and O–H groups in total. The number of hydrogen-bond donors (Lipinski definition) is 2. The lowest BCUT2D eigenvalue weighted by Gasteiger charge is -2.12. The van der Waals surface area contributed by atoms with E-state index < -0.39 is 0 Å². The van der Waals surface area contributed by atoms with Crippen LogP contribution in [0.15, 0.2) is 79.6 Å². The average Bonchev–Trinajstić information content (AvgIpc) is 2.69. The van der Waals surface area contributed by atoms with Crippen LogP contribution in [0.2, 0.25) is 0 Å². The predicted molar refractivity (Wildman–Crippen MR) is 102 cm³/mol. The van der Waals surface area contributed by atoms with E-state index in [0.717, 1.165) is 0 Å². The Morgan fingerprint density at radius 2 is 1.85 bits per heavy atom. The molecule has 1 heterocycles. The van der Waals surface area contributed by atoms with Gasteiger partial charge in [-0.1, -0.05) is 36.4 Å². The van der Waals surface area contributed by atoms with Crippen LogP contribution >= 0.6 is 0 Å². The van der Waals surface area contributed by atoms with Crippen LogP contribution in [0.3, 0.4) is 0 Å². The van der Waals surface area contributed by atoms with Gasteiger partial charge in [0, 0.05) is 12.6 Å². The number of para-hydroxylation sites is 3. The fourth-order valence-corrected chi connectivity index (χ4v) is 2.22. The molecule has 0 aliphatic heterocycles. The van der Waals surface area contributed by atoms with E-state index in [1.165, 1.54) is 6.33 Å². The molecule has 0 radical (unpaired) electrons. The van der Waals surface area contributed by atoms with Gasteiger partial charge in [-0.3, -0.25) is 4.79 Å². The van der Waals surface area contributed by atoms with E-state index in [0.29, 0.717) is 29.5 Å². The minimum Gasteiger partial charge on any atom is -0.455 e. The molecular formula is C20H18N4O2. The minimum atomic E-state index is -0.349. The smallest absolute Gasteiger partial charge is 0.274 e. The summed E-state index contributed by atoms with van der Waals surface area (Å²) < 4.78 is 5.85. The Kier molecular flexibility index (Phi) is 5.57. The van der Waals surface area contributed by atoms with E-state index in [1.54, 1.807) is 24.3 Å².